The Kier molecular flexibility index (Phi) is 5.30. The molecule has 0 aliphatic carbocycles. The van der Waals surface area contributed by atoms with Gasteiger partial charge in [0, 0.05) is 13.3 Å². The molecule has 0 spiro atoms. The molecule has 4 amide bonds. The van der Waals surface area contributed by atoms with Gasteiger partial charge in [-0.25, -0.2) is 10.9 Å². The van der Waals surface area contributed by atoms with E-state index >= 15 is 0 Å². The minimum absolute atomic E-state index is 0.247. The van der Waals surface area contributed by atoms with Gasteiger partial charge in [-0.15, -0.1) is 0 Å². The topological polar surface area (TPSA) is 113 Å². The molecule has 128 valence electrons. The van der Waals surface area contributed by atoms with Gasteiger partial charge in [-0.1, -0.05) is 30.3 Å². The van der Waals surface area contributed by atoms with Crippen molar-refractivity contribution in [1.29, 1.82) is 0 Å². The normalized spacial score (nSPS) is 18.8. The minimum Gasteiger partial charge on any atom is -0.342 e. The fourth-order valence-electron chi connectivity index (χ4n) is 2.54. The first-order valence-corrected chi connectivity index (χ1v) is 7.54. The summed E-state index contributed by atoms with van der Waals surface area (Å²) in [6, 6.07) is 7.48. The summed E-state index contributed by atoms with van der Waals surface area (Å²) in [7, 11) is 0. The molecule has 8 heteroatoms. The number of hydrogen-bond acceptors (Lipinski definition) is 5. The monoisotopic (exact) mass is 332 g/mol. The van der Waals surface area contributed by atoms with E-state index in [-0.39, 0.29) is 18.4 Å². The summed E-state index contributed by atoms with van der Waals surface area (Å²) < 4.78 is 0. The van der Waals surface area contributed by atoms with Crippen LogP contribution in [0.1, 0.15) is 19.4 Å². The van der Waals surface area contributed by atoms with Crippen molar-refractivity contribution in [3.8, 4) is 0 Å². The lowest BCUT2D eigenvalue weighted by molar-refractivity contribution is -0.155. The zero-order chi connectivity index (χ0) is 17.9. The van der Waals surface area contributed by atoms with E-state index in [1.165, 1.54) is 6.92 Å². The number of nitrogens with zero attached hydrogens (tertiary/aromatic N) is 2. The first-order chi connectivity index (χ1) is 11.3. The number of hydrazine groups is 1. The van der Waals surface area contributed by atoms with Crippen molar-refractivity contribution in [1.82, 2.24) is 15.2 Å². The first-order valence-electron chi connectivity index (χ1n) is 7.54. The molecular formula is C16H20N4O4. The third kappa shape index (κ3) is 3.77. The highest BCUT2D eigenvalue weighted by atomic mass is 16.2. The van der Waals surface area contributed by atoms with E-state index in [0.29, 0.717) is 11.4 Å². The number of piperazine rings is 1. The highest BCUT2D eigenvalue weighted by molar-refractivity contribution is 6.01. The molecule has 1 aliphatic rings. The Bertz CT molecular complexity index is 661. The molecule has 8 nitrogen and oxygen atoms in total. The van der Waals surface area contributed by atoms with Gasteiger partial charge in [-0.05, 0) is 12.5 Å². The maximum absolute atomic E-state index is 12.6. The van der Waals surface area contributed by atoms with E-state index in [2.05, 4.69) is 5.32 Å². The van der Waals surface area contributed by atoms with Crippen LogP contribution in [0.4, 0.5) is 0 Å². The van der Waals surface area contributed by atoms with Gasteiger partial charge >= 0.3 is 0 Å². The molecule has 2 atom stereocenters. The quantitative estimate of drug-likeness (QED) is 0.425. The Morgan fingerprint density at radius 2 is 1.96 bits per heavy atom. The van der Waals surface area contributed by atoms with Crippen molar-refractivity contribution in [2.45, 2.75) is 32.4 Å². The molecule has 1 aliphatic heterocycles. The van der Waals surface area contributed by atoms with Crippen LogP contribution < -0.4 is 11.2 Å². The molecule has 0 bridgehead atoms. The molecule has 1 aromatic carbocycles. The van der Waals surface area contributed by atoms with Crippen LogP contribution in [-0.2, 0) is 25.6 Å². The van der Waals surface area contributed by atoms with E-state index < -0.39 is 23.9 Å². The Hall–Kier alpha value is -2.74. The molecule has 24 heavy (non-hydrogen) atoms. The smallest absolute Gasteiger partial charge is 0.266 e. The Balaban J connectivity index is 2.15. The summed E-state index contributed by atoms with van der Waals surface area (Å²) in [5.41, 5.74) is 0.890. The van der Waals surface area contributed by atoms with E-state index in [4.69, 9.17) is 5.84 Å². The second kappa shape index (κ2) is 7.22. The summed E-state index contributed by atoms with van der Waals surface area (Å²) in [6.07, 6.45) is 0.321. The number of rotatable bonds is 4. The van der Waals surface area contributed by atoms with Crippen molar-refractivity contribution in [3.05, 3.63) is 35.9 Å². The number of imide groups is 1. The van der Waals surface area contributed by atoms with Gasteiger partial charge in [0.15, 0.2) is 0 Å². The molecule has 3 N–H and O–H groups in total. The molecule has 0 aromatic heterocycles. The van der Waals surface area contributed by atoms with Crippen molar-refractivity contribution in [2.75, 3.05) is 6.54 Å². The SMILES string of the molecule is CC(=O)N(N)C(=O)C(C)N1CC(=O)NC(Cc2ccccc2)C1=O. The molecule has 2 unspecified atom stereocenters. The van der Waals surface area contributed by atoms with E-state index in [9.17, 15) is 19.2 Å². The number of benzene rings is 1. The minimum atomic E-state index is -1.00. The van der Waals surface area contributed by atoms with Crippen LogP contribution >= 0.6 is 0 Å². The zero-order valence-electron chi connectivity index (χ0n) is 13.6. The van der Waals surface area contributed by atoms with Crippen molar-refractivity contribution >= 4 is 23.6 Å². The Morgan fingerprint density at radius 1 is 1.33 bits per heavy atom. The van der Waals surface area contributed by atoms with Crippen molar-refractivity contribution < 1.29 is 19.2 Å². The first kappa shape index (κ1) is 17.6. The molecular weight excluding hydrogens is 312 g/mol. The summed E-state index contributed by atoms with van der Waals surface area (Å²) in [5, 5.41) is 3.09. The fraction of sp³-hybridized carbons (Fsp3) is 0.375. The number of carbonyl (C=O) groups excluding carboxylic acids is 4. The summed E-state index contributed by atoms with van der Waals surface area (Å²) in [4.78, 5) is 49.1. The maximum atomic E-state index is 12.6. The van der Waals surface area contributed by atoms with Crippen LogP contribution in [0.25, 0.3) is 0 Å². The van der Waals surface area contributed by atoms with Gasteiger partial charge in [0.25, 0.3) is 5.91 Å². The standard InChI is InChI=1S/C16H20N4O4/c1-10(15(23)20(17)11(2)21)19-9-14(22)18-13(16(19)24)8-12-6-4-3-5-7-12/h3-7,10,13H,8-9,17H2,1-2H3,(H,18,22). The second-order valence-corrected chi connectivity index (χ2v) is 5.68. The Morgan fingerprint density at radius 3 is 2.54 bits per heavy atom. The molecule has 1 fully saturated rings. The average molecular weight is 332 g/mol. The molecule has 1 heterocycles. The maximum Gasteiger partial charge on any atom is 0.266 e. The van der Waals surface area contributed by atoms with Gasteiger partial charge < -0.3 is 10.2 Å². The molecule has 0 radical (unpaired) electrons. The van der Waals surface area contributed by atoms with Gasteiger partial charge in [-0.2, -0.15) is 0 Å². The number of carbonyl (C=O) groups is 4. The predicted octanol–water partition coefficient (Wildman–Crippen LogP) is -0.807. The molecule has 2 rings (SSSR count). The lowest BCUT2D eigenvalue weighted by atomic mass is 10.0. The van der Waals surface area contributed by atoms with E-state index in [1.807, 2.05) is 30.3 Å². The van der Waals surface area contributed by atoms with Crippen LogP contribution in [-0.4, -0.2) is 52.2 Å². The van der Waals surface area contributed by atoms with Crippen LogP contribution in [0.2, 0.25) is 0 Å². The number of amides is 4. The van der Waals surface area contributed by atoms with Crippen LogP contribution in [0.5, 0.6) is 0 Å². The number of nitrogens with two attached hydrogens (primary N) is 1. The molecule has 0 saturated carbocycles. The number of hydrogen-bond donors (Lipinski definition) is 2. The third-order valence-corrected chi connectivity index (χ3v) is 3.91. The fourth-order valence-corrected chi connectivity index (χ4v) is 2.54. The molecule has 1 aromatic rings. The average Bonchev–Trinajstić information content (AvgIpc) is 2.56. The molecule has 1 saturated heterocycles. The van der Waals surface area contributed by atoms with E-state index in [0.717, 1.165) is 17.4 Å². The summed E-state index contributed by atoms with van der Waals surface area (Å²) in [5.74, 6) is 3.29. The lowest BCUT2D eigenvalue weighted by Gasteiger charge is -2.36. The third-order valence-electron chi connectivity index (χ3n) is 3.91. The summed E-state index contributed by atoms with van der Waals surface area (Å²) in [6.45, 7) is 2.34. The highest BCUT2D eigenvalue weighted by Gasteiger charge is 2.38. The summed E-state index contributed by atoms with van der Waals surface area (Å²) >= 11 is 0. The van der Waals surface area contributed by atoms with Crippen LogP contribution in [0, 0.1) is 0 Å². The van der Waals surface area contributed by atoms with E-state index in [1.54, 1.807) is 0 Å². The van der Waals surface area contributed by atoms with Crippen LogP contribution in [0.15, 0.2) is 30.3 Å². The van der Waals surface area contributed by atoms with Crippen molar-refractivity contribution in [2.24, 2.45) is 5.84 Å². The second-order valence-electron chi connectivity index (χ2n) is 5.68. The highest BCUT2D eigenvalue weighted by Crippen LogP contribution is 2.13. The van der Waals surface area contributed by atoms with Gasteiger partial charge in [0.1, 0.15) is 18.6 Å². The zero-order valence-corrected chi connectivity index (χ0v) is 13.6. The largest absolute Gasteiger partial charge is 0.342 e. The van der Waals surface area contributed by atoms with Crippen molar-refractivity contribution in [3.63, 3.8) is 0 Å². The van der Waals surface area contributed by atoms with Crippen LogP contribution in [0.3, 0.4) is 0 Å². The van der Waals surface area contributed by atoms with Gasteiger partial charge in [-0.3, -0.25) is 19.2 Å². The number of nitrogens with one attached hydrogen (secondary N) is 1. The van der Waals surface area contributed by atoms with Gasteiger partial charge in [0.2, 0.25) is 17.7 Å². The Labute approximate surface area is 139 Å². The van der Waals surface area contributed by atoms with Gasteiger partial charge in [0.05, 0.1) is 0 Å². The predicted molar refractivity (Wildman–Crippen MR) is 85.0 cm³/mol. The lowest BCUT2D eigenvalue weighted by Crippen LogP contribution is -2.64.